The molecule has 2 rings (SSSR count). The van der Waals surface area contributed by atoms with Gasteiger partial charge in [-0.15, -0.1) is 11.3 Å². The average molecular weight is 323 g/mol. The van der Waals surface area contributed by atoms with Gasteiger partial charge in [0.25, 0.3) is 5.91 Å². The molecule has 1 aromatic heterocycles. The zero-order valence-electron chi connectivity index (χ0n) is 12.4. The maximum absolute atomic E-state index is 12.1. The summed E-state index contributed by atoms with van der Waals surface area (Å²) in [5, 5.41) is 5.30. The SMILES string of the molecule is Cc1cccc(C(CNC(=O)c2sccc2Cl)N(C)C)c1. The maximum Gasteiger partial charge on any atom is 0.262 e. The molecule has 0 aliphatic rings. The van der Waals surface area contributed by atoms with E-state index in [0.717, 1.165) is 0 Å². The van der Waals surface area contributed by atoms with Crippen molar-refractivity contribution in [3.63, 3.8) is 0 Å². The predicted molar refractivity (Wildman–Crippen MR) is 89.3 cm³/mol. The summed E-state index contributed by atoms with van der Waals surface area (Å²) < 4.78 is 0. The van der Waals surface area contributed by atoms with Crippen LogP contribution in [0.25, 0.3) is 0 Å². The third-order valence-electron chi connectivity index (χ3n) is 3.33. The fraction of sp³-hybridized carbons (Fsp3) is 0.312. The minimum absolute atomic E-state index is 0.116. The van der Waals surface area contributed by atoms with Crippen LogP contribution in [0, 0.1) is 6.92 Å². The van der Waals surface area contributed by atoms with Gasteiger partial charge in [-0.25, -0.2) is 0 Å². The number of benzene rings is 1. The van der Waals surface area contributed by atoms with Crippen LogP contribution < -0.4 is 5.32 Å². The maximum atomic E-state index is 12.1. The van der Waals surface area contributed by atoms with Crippen LogP contribution >= 0.6 is 22.9 Å². The van der Waals surface area contributed by atoms with Crippen LogP contribution in [0.2, 0.25) is 5.02 Å². The van der Waals surface area contributed by atoms with E-state index >= 15 is 0 Å². The van der Waals surface area contributed by atoms with Crippen molar-refractivity contribution >= 4 is 28.8 Å². The van der Waals surface area contributed by atoms with E-state index in [1.807, 2.05) is 25.5 Å². The molecule has 1 atom stereocenters. The first-order valence-corrected chi connectivity index (χ1v) is 7.99. The Morgan fingerprint density at radius 3 is 2.71 bits per heavy atom. The van der Waals surface area contributed by atoms with Gasteiger partial charge in [0.05, 0.1) is 11.1 Å². The van der Waals surface area contributed by atoms with Crippen molar-refractivity contribution in [2.75, 3.05) is 20.6 Å². The summed E-state index contributed by atoms with van der Waals surface area (Å²) in [4.78, 5) is 14.8. The monoisotopic (exact) mass is 322 g/mol. The molecule has 3 nitrogen and oxygen atoms in total. The topological polar surface area (TPSA) is 32.3 Å². The molecule has 0 radical (unpaired) electrons. The Kier molecular flexibility index (Phi) is 5.39. The van der Waals surface area contributed by atoms with Gasteiger partial charge in [0.2, 0.25) is 0 Å². The summed E-state index contributed by atoms with van der Waals surface area (Å²) in [6.45, 7) is 2.61. The fourth-order valence-electron chi connectivity index (χ4n) is 2.20. The van der Waals surface area contributed by atoms with Crippen LogP contribution in [0.3, 0.4) is 0 Å². The molecular weight excluding hydrogens is 304 g/mol. The minimum Gasteiger partial charge on any atom is -0.349 e. The molecule has 0 fully saturated rings. The molecule has 0 saturated carbocycles. The Balaban J connectivity index is 2.08. The molecule has 112 valence electrons. The highest BCUT2D eigenvalue weighted by molar-refractivity contribution is 7.12. The second kappa shape index (κ2) is 7.07. The van der Waals surface area contributed by atoms with Crippen molar-refractivity contribution in [2.24, 2.45) is 0 Å². The number of rotatable bonds is 5. The summed E-state index contributed by atoms with van der Waals surface area (Å²) in [6, 6.07) is 10.2. The van der Waals surface area contributed by atoms with Gasteiger partial charge in [-0.1, -0.05) is 41.4 Å². The molecule has 0 aliphatic carbocycles. The van der Waals surface area contributed by atoms with E-state index in [9.17, 15) is 4.79 Å². The molecule has 0 aliphatic heterocycles. The zero-order chi connectivity index (χ0) is 15.4. The number of hydrogen-bond acceptors (Lipinski definition) is 3. The van der Waals surface area contributed by atoms with Gasteiger partial charge < -0.3 is 10.2 Å². The van der Waals surface area contributed by atoms with Crippen molar-refractivity contribution in [1.82, 2.24) is 10.2 Å². The van der Waals surface area contributed by atoms with Crippen LogP contribution in [0.1, 0.15) is 26.8 Å². The number of hydrogen-bond donors (Lipinski definition) is 1. The van der Waals surface area contributed by atoms with Crippen molar-refractivity contribution in [1.29, 1.82) is 0 Å². The number of nitrogens with zero attached hydrogens (tertiary/aromatic N) is 1. The Bertz CT molecular complexity index is 624. The molecule has 0 saturated heterocycles. The standard InChI is InChI=1S/C16H19ClN2OS/c1-11-5-4-6-12(9-11)14(19(2)3)10-18-16(20)15-13(17)7-8-21-15/h4-9,14H,10H2,1-3H3,(H,18,20). The lowest BCUT2D eigenvalue weighted by Crippen LogP contribution is -2.34. The van der Waals surface area contributed by atoms with Crippen LogP contribution in [-0.4, -0.2) is 31.4 Å². The number of aryl methyl sites for hydroxylation is 1. The molecular formula is C16H19ClN2OS. The summed E-state index contributed by atoms with van der Waals surface area (Å²) in [6.07, 6.45) is 0. The van der Waals surface area contributed by atoms with Crippen molar-refractivity contribution in [3.8, 4) is 0 Å². The van der Waals surface area contributed by atoms with E-state index < -0.39 is 0 Å². The highest BCUT2D eigenvalue weighted by Crippen LogP contribution is 2.23. The number of carbonyl (C=O) groups excluding carboxylic acids is 1. The minimum atomic E-state index is -0.116. The fourth-order valence-corrected chi connectivity index (χ4v) is 3.26. The van der Waals surface area contributed by atoms with Crippen LogP contribution in [-0.2, 0) is 0 Å². The Hall–Kier alpha value is -1.36. The lowest BCUT2D eigenvalue weighted by atomic mass is 10.0. The normalized spacial score (nSPS) is 12.4. The summed E-state index contributed by atoms with van der Waals surface area (Å²) in [7, 11) is 4.02. The molecule has 21 heavy (non-hydrogen) atoms. The Morgan fingerprint density at radius 1 is 1.38 bits per heavy atom. The number of amides is 1. The highest BCUT2D eigenvalue weighted by Gasteiger charge is 2.17. The summed E-state index contributed by atoms with van der Waals surface area (Å²) >= 11 is 7.35. The molecule has 1 aromatic carbocycles. The number of carbonyl (C=O) groups is 1. The molecule has 1 unspecified atom stereocenters. The van der Waals surface area contributed by atoms with Crippen LogP contribution in [0.5, 0.6) is 0 Å². The predicted octanol–water partition coefficient (Wildman–Crippen LogP) is 3.74. The number of thiophene rings is 1. The van der Waals surface area contributed by atoms with E-state index in [-0.39, 0.29) is 11.9 Å². The number of likely N-dealkylation sites (N-methyl/N-ethyl adjacent to an activating group) is 1. The first-order chi connectivity index (χ1) is 9.99. The van der Waals surface area contributed by atoms with E-state index in [1.165, 1.54) is 22.5 Å². The van der Waals surface area contributed by atoms with Crippen molar-refractivity contribution < 1.29 is 4.79 Å². The van der Waals surface area contributed by atoms with Gasteiger partial charge in [0.1, 0.15) is 4.88 Å². The van der Waals surface area contributed by atoms with E-state index in [2.05, 4.69) is 35.3 Å². The van der Waals surface area contributed by atoms with E-state index in [1.54, 1.807) is 6.07 Å². The van der Waals surface area contributed by atoms with Gasteiger partial charge in [-0.05, 0) is 38.0 Å². The molecule has 1 amide bonds. The second-order valence-corrected chi connectivity index (χ2v) is 6.52. The largest absolute Gasteiger partial charge is 0.349 e. The molecule has 0 spiro atoms. The molecule has 1 N–H and O–H groups in total. The third kappa shape index (κ3) is 4.06. The highest BCUT2D eigenvalue weighted by atomic mass is 35.5. The molecule has 1 heterocycles. The van der Waals surface area contributed by atoms with E-state index in [4.69, 9.17) is 11.6 Å². The summed E-state index contributed by atoms with van der Waals surface area (Å²) in [5.41, 5.74) is 2.41. The van der Waals surface area contributed by atoms with Gasteiger partial charge in [-0.2, -0.15) is 0 Å². The molecule has 0 bridgehead atoms. The quantitative estimate of drug-likeness (QED) is 0.909. The number of halogens is 1. The lowest BCUT2D eigenvalue weighted by Gasteiger charge is -2.25. The van der Waals surface area contributed by atoms with Gasteiger partial charge in [0, 0.05) is 6.54 Å². The third-order valence-corrected chi connectivity index (χ3v) is 4.67. The first kappa shape index (κ1) is 16.0. The molecule has 5 heteroatoms. The van der Waals surface area contributed by atoms with Gasteiger partial charge in [-0.3, -0.25) is 4.79 Å². The van der Waals surface area contributed by atoms with Crippen molar-refractivity contribution in [2.45, 2.75) is 13.0 Å². The first-order valence-electron chi connectivity index (χ1n) is 6.73. The lowest BCUT2D eigenvalue weighted by molar-refractivity contribution is 0.0946. The Labute approximate surface area is 134 Å². The van der Waals surface area contributed by atoms with Gasteiger partial charge in [0.15, 0.2) is 0 Å². The van der Waals surface area contributed by atoms with Crippen LogP contribution in [0.15, 0.2) is 35.7 Å². The Morgan fingerprint density at radius 2 is 2.14 bits per heavy atom. The van der Waals surface area contributed by atoms with Gasteiger partial charge >= 0.3 is 0 Å². The average Bonchev–Trinajstić information content (AvgIpc) is 2.85. The number of nitrogens with one attached hydrogen (secondary N) is 1. The zero-order valence-corrected chi connectivity index (χ0v) is 14.0. The molecule has 2 aromatic rings. The smallest absolute Gasteiger partial charge is 0.262 e. The van der Waals surface area contributed by atoms with Crippen LogP contribution in [0.4, 0.5) is 0 Å². The van der Waals surface area contributed by atoms with E-state index in [0.29, 0.717) is 16.4 Å². The van der Waals surface area contributed by atoms with Crippen molar-refractivity contribution in [3.05, 3.63) is 56.7 Å². The second-order valence-electron chi connectivity index (χ2n) is 5.20. The summed E-state index contributed by atoms with van der Waals surface area (Å²) in [5.74, 6) is -0.116.